The molecule has 0 saturated carbocycles. The van der Waals surface area contributed by atoms with E-state index >= 15 is 0 Å². The Morgan fingerprint density at radius 3 is 2.38 bits per heavy atom. The molecule has 2 aromatic carbocycles. The van der Waals surface area contributed by atoms with Gasteiger partial charge in [0.25, 0.3) is 0 Å². The summed E-state index contributed by atoms with van der Waals surface area (Å²) in [6, 6.07) is 18.8. The second-order valence-electron chi connectivity index (χ2n) is 5.50. The van der Waals surface area contributed by atoms with E-state index in [9.17, 15) is 4.79 Å². The van der Waals surface area contributed by atoms with Gasteiger partial charge in [-0.05, 0) is 41.5 Å². The Labute approximate surface area is 143 Å². The number of rotatable bonds is 2. The van der Waals surface area contributed by atoms with Crippen LogP contribution in [0.4, 0.5) is 0 Å². The van der Waals surface area contributed by atoms with Crippen molar-refractivity contribution in [3.8, 4) is 22.4 Å². The first-order valence-corrected chi connectivity index (χ1v) is 7.93. The van der Waals surface area contributed by atoms with Crippen LogP contribution in [0.2, 0.25) is 5.02 Å². The van der Waals surface area contributed by atoms with E-state index in [0.717, 1.165) is 22.3 Å². The molecule has 0 aliphatic rings. The van der Waals surface area contributed by atoms with Gasteiger partial charge in [0, 0.05) is 28.3 Å². The zero-order chi connectivity index (χ0) is 16.5. The van der Waals surface area contributed by atoms with Crippen LogP contribution < -0.4 is 5.43 Å². The molecule has 2 aromatic heterocycles. The molecule has 0 atom stereocenters. The lowest BCUT2D eigenvalue weighted by molar-refractivity contribution is 1.32. The molecule has 0 radical (unpaired) electrons. The van der Waals surface area contributed by atoms with Crippen molar-refractivity contribution in [2.24, 2.45) is 0 Å². The lowest BCUT2D eigenvalue weighted by Gasteiger charge is -2.12. The van der Waals surface area contributed by atoms with Crippen molar-refractivity contribution in [2.45, 2.75) is 0 Å². The number of aromatic nitrogens is 2. The Bertz CT molecular complexity index is 1070. The topological polar surface area (TPSA) is 45.8 Å². The summed E-state index contributed by atoms with van der Waals surface area (Å²) in [5.74, 6) is 0. The second-order valence-corrected chi connectivity index (χ2v) is 5.93. The minimum atomic E-state index is -0.0451. The van der Waals surface area contributed by atoms with Crippen molar-refractivity contribution in [3.05, 3.63) is 88.3 Å². The van der Waals surface area contributed by atoms with Crippen LogP contribution in [0.15, 0.2) is 77.9 Å². The maximum Gasteiger partial charge on any atom is 0.197 e. The van der Waals surface area contributed by atoms with Gasteiger partial charge in [-0.3, -0.25) is 9.78 Å². The van der Waals surface area contributed by atoms with Crippen LogP contribution in [-0.4, -0.2) is 9.97 Å². The molecule has 0 amide bonds. The highest BCUT2D eigenvalue weighted by Crippen LogP contribution is 2.30. The predicted molar refractivity (Wildman–Crippen MR) is 98.2 cm³/mol. The van der Waals surface area contributed by atoms with E-state index in [2.05, 4.69) is 9.97 Å². The van der Waals surface area contributed by atoms with E-state index < -0.39 is 0 Å². The minimum Gasteiger partial charge on any atom is -0.354 e. The Kier molecular flexibility index (Phi) is 3.63. The highest BCUT2D eigenvalue weighted by atomic mass is 35.5. The summed E-state index contributed by atoms with van der Waals surface area (Å²) >= 11 is 6.08. The average Bonchev–Trinajstić information content (AvgIpc) is 2.63. The van der Waals surface area contributed by atoms with Crippen LogP contribution in [0.3, 0.4) is 0 Å². The molecule has 0 spiro atoms. The first-order chi connectivity index (χ1) is 11.7. The maximum atomic E-state index is 13.2. The fourth-order valence-corrected chi connectivity index (χ4v) is 3.05. The van der Waals surface area contributed by atoms with Crippen molar-refractivity contribution in [3.63, 3.8) is 0 Å². The van der Waals surface area contributed by atoms with Crippen LogP contribution in [0.5, 0.6) is 0 Å². The minimum absolute atomic E-state index is 0.0451. The zero-order valence-corrected chi connectivity index (χ0v) is 13.4. The third-order valence-electron chi connectivity index (χ3n) is 3.99. The molecular formula is C20H13ClN2O. The summed E-state index contributed by atoms with van der Waals surface area (Å²) in [5.41, 5.74) is 3.92. The molecule has 24 heavy (non-hydrogen) atoms. The maximum absolute atomic E-state index is 13.2. The Morgan fingerprint density at radius 1 is 0.875 bits per heavy atom. The molecule has 3 nitrogen and oxygen atoms in total. The summed E-state index contributed by atoms with van der Waals surface area (Å²) in [6.07, 6.45) is 3.37. The molecule has 4 heteroatoms. The SMILES string of the molecule is O=c1c(-c2ccncc2)c(-c2ccccc2)[nH]c2ccc(Cl)cc12. The lowest BCUT2D eigenvalue weighted by Crippen LogP contribution is -2.09. The number of nitrogens with one attached hydrogen (secondary N) is 1. The summed E-state index contributed by atoms with van der Waals surface area (Å²) in [4.78, 5) is 20.6. The predicted octanol–water partition coefficient (Wildman–Crippen LogP) is 4.91. The van der Waals surface area contributed by atoms with Crippen molar-refractivity contribution in [2.75, 3.05) is 0 Å². The van der Waals surface area contributed by atoms with Gasteiger partial charge in [0.1, 0.15) is 0 Å². The average molecular weight is 333 g/mol. The number of hydrogen-bond acceptors (Lipinski definition) is 2. The lowest BCUT2D eigenvalue weighted by atomic mass is 9.97. The van der Waals surface area contributed by atoms with Crippen molar-refractivity contribution in [1.82, 2.24) is 9.97 Å². The molecule has 1 N–H and O–H groups in total. The molecule has 0 saturated heterocycles. The van der Waals surface area contributed by atoms with Crippen molar-refractivity contribution < 1.29 is 0 Å². The van der Waals surface area contributed by atoms with Crippen molar-refractivity contribution >= 4 is 22.5 Å². The second kappa shape index (κ2) is 5.95. The van der Waals surface area contributed by atoms with E-state index in [1.807, 2.05) is 48.5 Å². The van der Waals surface area contributed by atoms with E-state index in [1.54, 1.807) is 24.5 Å². The van der Waals surface area contributed by atoms with Gasteiger partial charge in [0.05, 0.1) is 11.3 Å². The third-order valence-corrected chi connectivity index (χ3v) is 4.23. The summed E-state index contributed by atoms with van der Waals surface area (Å²) in [5, 5.41) is 1.12. The number of aromatic amines is 1. The molecule has 0 unspecified atom stereocenters. The van der Waals surface area contributed by atoms with E-state index in [4.69, 9.17) is 11.6 Å². The van der Waals surface area contributed by atoms with E-state index in [1.165, 1.54) is 0 Å². The first kappa shape index (κ1) is 14.7. The third kappa shape index (κ3) is 2.49. The monoisotopic (exact) mass is 332 g/mol. The van der Waals surface area contributed by atoms with Gasteiger partial charge >= 0.3 is 0 Å². The van der Waals surface area contributed by atoms with Gasteiger partial charge in [-0.15, -0.1) is 0 Å². The number of H-pyrrole nitrogens is 1. The smallest absolute Gasteiger partial charge is 0.197 e. The van der Waals surface area contributed by atoms with Crippen molar-refractivity contribution in [1.29, 1.82) is 0 Å². The number of fused-ring (bicyclic) bond motifs is 1. The quantitative estimate of drug-likeness (QED) is 0.567. The Morgan fingerprint density at radius 2 is 1.62 bits per heavy atom. The molecule has 0 aliphatic carbocycles. The first-order valence-electron chi connectivity index (χ1n) is 7.55. The Balaban J connectivity index is 2.14. The molecule has 116 valence electrons. The summed E-state index contributed by atoms with van der Waals surface area (Å²) in [6.45, 7) is 0. The molecule has 4 aromatic rings. The largest absolute Gasteiger partial charge is 0.354 e. The van der Waals surface area contributed by atoms with Gasteiger partial charge in [-0.1, -0.05) is 41.9 Å². The fourth-order valence-electron chi connectivity index (χ4n) is 2.87. The van der Waals surface area contributed by atoms with Gasteiger partial charge in [0.15, 0.2) is 5.43 Å². The standard InChI is InChI=1S/C20H13ClN2O/c21-15-6-7-17-16(12-15)20(24)18(13-8-10-22-11-9-13)19(23-17)14-4-2-1-3-5-14/h1-12H,(H,23,24). The van der Waals surface area contributed by atoms with E-state index in [0.29, 0.717) is 16.0 Å². The van der Waals surface area contributed by atoms with E-state index in [-0.39, 0.29) is 5.43 Å². The molecule has 2 heterocycles. The molecule has 4 rings (SSSR count). The van der Waals surface area contributed by atoms with Crippen LogP contribution in [-0.2, 0) is 0 Å². The van der Waals surface area contributed by atoms with Gasteiger partial charge < -0.3 is 4.98 Å². The number of halogens is 1. The summed E-state index contributed by atoms with van der Waals surface area (Å²) in [7, 11) is 0. The summed E-state index contributed by atoms with van der Waals surface area (Å²) < 4.78 is 0. The molecule has 0 aliphatic heterocycles. The number of hydrogen-bond donors (Lipinski definition) is 1. The van der Waals surface area contributed by atoms with Crippen LogP contribution in [0.1, 0.15) is 0 Å². The number of nitrogens with zero attached hydrogens (tertiary/aromatic N) is 1. The highest BCUT2D eigenvalue weighted by molar-refractivity contribution is 6.31. The molecule has 0 bridgehead atoms. The van der Waals surface area contributed by atoms with Crippen LogP contribution in [0, 0.1) is 0 Å². The van der Waals surface area contributed by atoms with Crippen LogP contribution in [0.25, 0.3) is 33.3 Å². The highest BCUT2D eigenvalue weighted by Gasteiger charge is 2.15. The molecular weight excluding hydrogens is 320 g/mol. The normalized spacial score (nSPS) is 10.9. The van der Waals surface area contributed by atoms with Gasteiger partial charge in [0.2, 0.25) is 0 Å². The Hall–Kier alpha value is -2.91. The van der Waals surface area contributed by atoms with Gasteiger partial charge in [-0.2, -0.15) is 0 Å². The van der Waals surface area contributed by atoms with Crippen LogP contribution >= 0.6 is 11.6 Å². The molecule has 0 fully saturated rings. The van der Waals surface area contributed by atoms with Gasteiger partial charge in [-0.25, -0.2) is 0 Å². The number of pyridine rings is 2. The number of benzene rings is 2. The zero-order valence-electron chi connectivity index (χ0n) is 12.7. The fraction of sp³-hybridized carbons (Fsp3) is 0.